The van der Waals surface area contributed by atoms with Crippen LogP contribution in [0.1, 0.15) is 37.6 Å². The quantitative estimate of drug-likeness (QED) is 0.877. The number of nitrogens with zero attached hydrogens (tertiary/aromatic N) is 1. The van der Waals surface area contributed by atoms with Crippen LogP contribution >= 0.6 is 11.3 Å². The van der Waals surface area contributed by atoms with E-state index >= 15 is 0 Å². The van der Waals surface area contributed by atoms with Crippen molar-refractivity contribution in [2.75, 3.05) is 19.6 Å². The molecule has 0 saturated carbocycles. The maximum atomic E-state index is 5.95. The predicted molar refractivity (Wildman–Crippen MR) is 70.7 cm³/mol. The molecule has 1 aliphatic rings. The van der Waals surface area contributed by atoms with Crippen molar-refractivity contribution in [3.63, 3.8) is 0 Å². The molecule has 1 unspecified atom stereocenters. The van der Waals surface area contributed by atoms with E-state index in [2.05, 4.69) is 36.3 Å². The van der Waals surface area contributed by atoms with Gasteiger partial charge in [-0.1, -0.05) is 19.9 Å². The molecule has 0 radical (unpaired) electrons. The first-order valence-corrected chi connectivity index (χ1v) is 6.98. The average Bonchev–Trinajstić information content (AvgIpc) is 2.71. The lowest BCUT2D eigenvalue weighted by atomic mass is 9.83. The summed E-state index contributed by atoms with van der Waals surface area (Å²) in [6.45, 7) is 7.83. The molecule has 1 aromatic rings. The smallest absolute Gasteiger partial charge is 0.0564 e. The number of rotatable bonds is 3. The minimum atomic E-state index is 0.430. The maximum absolute atomic E-state index is 5.95. The fourth-order valence-electron chi connectivity index (χ4n) is 2.66. The standard InChI is InChI=1S/C13H22N2S/c1-13(2)6-4-7-15(10-13)11(9-14)12-5-3-8-16-12/h3,5,8,11H,4,6-7,9-10,14H2,1-2H3. The van der Waals surface area contributed by atoms with E-state index in [1.54, 1.807) is 0 Å². The van der Waals surface area contributed by atoms with Gasteiger partial charge >= 0.3 is 0 Å². The molecule has 2 nitrogen and oxygen atoms in total. The van der Waals surface area contributed by atoms with Gasteiger partial charge in [-0.2, -0.15) is 0 Å². The summed E-state index contributed by atoms with van der Waals surface area (Å²) in [6, 6.07) is 4.77. The Labute approximate surface area is 102 Å². The van der Waals surface area contributed by atoms with Gasteiger partial charge in [0, 0.05) is 18.0 Å². The topological polar surface area (TPSA) is 29.3 Å². The van der Waals surface area contributed by atoms with Crippen LogP contribution < -0.4 is 5.73 Å². The summed E-state index contributed by atoms with van der Waals surface area (Å²) in [7, 11) is 0. The van der Waals surface area contributed by atoms with Crippen LogP contribution in [0, 0.1) is 5.41 Å². The second-order valence-electron chi connectivity index (χ2n) is 5.51. The molecule has 1 saturated heterocycles. The molecule has 0 amide bonds. The van der Waals surface area contributed by atoms with Gasteiger partial charge in [-0.25, -0.2) is 0 Å². The van der Waals surface area contributed by atoms with Crippen LogP contribution in [0.2, 0.25) is 0 Å². The molecule has 0 aliphatic carbocycles. The first kappa shape index (κ1) is 12.1. The molecule has 2 heterocycles. The Bertz CT molecular complexity index is 319. The van der Waals surface area contributed by atoms with E-state index in [4.69, 9.17) is 5.73 Å². The van der Waals surface area contributed by atoms with Crippen LogP contribution in [-0.2, 0) is 0 Å². The number of hydrogen-bond donors (Lipinski definition) is 1. The minimum Gasteiger partial charge on any atom is -0.329 e. The first-order chi connectivity index (χ1) is 7.62. The Kier molecular flexibility index (Phi) is 3.67. The SMILES string of the molecule is CC1(C)CCCN(C(CN)c2cccs2)C1. The number of piperidine rings is 1. The highest BCUT2D eigenvalue weighted by atomic mass is 32.1. The Morgan fingerprint density at radius 1 is 1.56 bits per heavy atom. The molecular formula is C13H22N2S. The molecule has 90 valence electrons. The highest BCUT2D eigenvalue weighted by Gasteiger charge is 2.30. The molecule has 0 aromatic carbocycles. The summed E-state index contributed by atoms with van der Waals surface area (Å²) < 4.78 is 0. The average molecular weight is 238 g/mol. The molecule has 1 atom stereocenters. The van der Waals surface area contributed by atoms with Gasteiger partial charge in [0.1, 0.15) is 0 Å². The van der Waals surface area contributed by atoms with Gasteiger partial charge < -0.3 is 5.73 Å². The normalized spacial score (nSPS) is 23.2. The molecule has 2 rings (SSSR count). The predicted octanol–water partition coefficient (Wildman–Crippen LogP) is 2.87. The van der Waals surface area contributed by atoms with Gasteiger partial charge in [-0.15, -0.1) is 11.3 Å². The van der Waals surface area contributed by atoms with Crippen molar-refractivity contribution in [2.45, 2.75) is 32.7 Å². The monoisotopic (exact) mass is 238 g/mol. The van der Waals surface area contributed by atoms with Crippen molar-refractivity contribution in [2.24, 2.45) is 11.1 Å². The fourth-order valence-corrected chi connectivity index (χ4v) is 3.53. The van der Waals surface area contributed by atoms with E-state index in [0.29, 0.717) is 11.5 Å². The molecule has 16 heavy (non-hydrogen) atoms. The summed E-state index contributed by atoms with van der Waals surface area (Å²) in [5.41, 5.74) is 6.40. The summed E-state index contributed by atoms with van der Waals surface area (Å²) >= 11 is 1.83. The van der Waals surface area contributed by atoms with Crippen LogP contribution in [0.25, 0.3) is 0 Å². The maximum Gasteiger partial charge on any atom is 0.0564 e. The Morgan fingerprint density at radius 3 is 2.94 bits per heavy atom. The van der Waals surface area contributed by atoms with Crippen molar-refractivity contribution in [1.82, 2.24) is 4.90 Å². The molecule has 1 aliphatic heterocycles. The zero-order valence-electron chi connectivity index (χ0n) is 10.3. The summed E-state index contributed by atoms with van der Waals surface area (Å²) in [5.74, 6) is 0. The fraction of sp³-hybridized carbons (Fsp3) is 0.692. The van der Waals surface area contributed by atoms with Crippen LogP contribution in [0.3, 0.4) is 0 Å². The molecule has 3 heteroatoms. The van der Waals surface area contributed by atoms with Crippen molar-refractivity contribution in [3.8, 4) is 0 Å². The third-order valence-electron chi connectivity index (χ3n) is 3.47. The molecule has 1 aromatic heterocycles. The number of likely N-dealkylation sites (tertiary alicyclic amines) is 1. The van der Waals surface area contributed by atoms with Crippen LogP contribution in [0.5, 0.6) is 0 Å². The lowest BCUT2D eigenvalue weighted by Gasteiger charge is -2.41. The second-order valence-corrected chi connectivity index (χ2v) is 6.48. The Balaban J connectivity index is 2.10. The van der Waals surface area contributed by atoms with Gasteiger partial charge in [0.15, 0.2) is 0 Å². The number of hydrogen-bond acceptors (Lipinski definition) is 3. The van der Waals surface area contributed by atoms with E-state index < -0.39 is 0 Å². The van der Waals surface area contributed by atoms with Crippen molar-refractivity contribution >= 4 is 11.3 Å². The zero-order valence-corrected chi connectivity index (χ0v) is 11.1. The Hall–Kier alpha value is -0.380. The lowest BCUT2D eigenvalue weighted by molar-refractivity contribution is 0.0820. The summed E-state index contributed by atoms with van der Waals surface area (Å²) in [4.78, 5) is 3.98. The van der Waals surface area contributed by atoms with Gasteiger partial charge in [-0.05, 0) is 36.2 Å². The van der Waals surface area contributed by atoms with E-state index in [1.165, 1.54) is 30.8 Å². The number of thiophene rings is 1. The third-order valence-corrected chi connectivity index (χ3v) is 4.44. The lowest BCUT2D eigenvalue weighted by Crippen LogP contribution is -2.44. The highest BCUT2D eigenvalue weighted by molar-refractivity contribution is 7.10. The number of nitrogens with two attached hydrogens (primary N) is 1. The van der Waals surface area contributed by atoms with Gasteiger partial charge in [0.25, 0.3) is 0 Å². The van der Waals surface area contributed by atoms with Gasteiger partial charge in [-0.3, -0.25) is 4.90 Å². The molecule has 2 N–H and O–H groups in total. The van der Waals surface area contributed by atoms with Crippen molar-refractivity contribution < 1.29 is 0 Å². The van der Waals surface area contributed by atoms with Crippen molar-refractivity contribution in [3.05, 3.63) is 22.4 Å². The largest absolute Gasteiger partial charge is 0.329 e. The van der Waals surface area contributed by atoms with Crippen LogP contribution in [0.4, 0.5) is 0 Å². The van der Waals surface area contributed by atoms with Gasteiger partial charge in [0.05, 0.1) is 6.04 Å². The van der Waals surface area contributed by atoms with E-state index in [9.17, 15) is 0 Å². The second kappa shape index (κ2) is 4.86. The molecule has 0 spiro atoms. The zero-order chi connectivity index (χ0) is 11.6. The first-order valence-electron chi connectivity index (χ1n) is 6.10. The van der Waals surface area contributed by atoms with E-state index in [1.807, 2.05) is 11.3 Å². The summed E-state index contributed by atoms with van der Waals surface area (Å²) in [5, 5.41) is 2.15. The molecular weight excluding hydrogens is 216 g/mol. The highest BCUT2D eigenvalue weighted by Crippen LogP contribution is 2.34. The van der Waals surface area contributed by atoms with Crippen LogP contribution in [-0.4, -0.2) is 24.5 Å². The van der Waals surface area contributed by atoms with Gasteiger partial charge in [0.2, 0.25) is 0 Å². The molecule has 0 bridgehead atoms. The minimum absolute atomic E-state index is 0.430. The van der Waals surface area contributed by atoms with Crippen molar-refractivity contribution in [1.29, 1.82) is 0 Å². The third kappa shape index (κ3) is 2.65. The van der Waals surface area contributed by atoms with E-state index in [0.717, 1.165) is 6.54 Å². The molecule has 1 fully saturated rings. The summed E-state index contributed by atoms with van der Waals surface area (Å²) in [6.07, 6.45) is 2.64. The Morgan fingerprint density at radius 2 is 2.38 bits per heavy atom. The van der Waals surface area contributed by atoms with E-state index in [-0.39, 0.29) is 0 Å². The van der Waals surface area contributed by atoms with Crippen LogP contribution in [0.15, 0.2) is 17.5 Å².